The van der Waals surface area contributed by atoms with Gasteiger partial charge < -0.3 is 11.1 Å². The number of aryl methyl sites for hydroxylation is 2. The highest BCUT2D eigenvalue weighted by atomic mass is 79.9. The first-order valence-electron chi connectivity index (χ1n) is 6.56. The first-order valence-corrected chi connectivity index (χ1v) is 8.15. The zero-order chi connectivity index (χ0) is 15.4. The van der Waals surface area contributed by atoms with Gasteiger partial charge in [0.2, 0.25) is 5.91 Å². The Hall–Kier alpha value is -1.33. The van der Waals surface area contributed by atoms with Crippen molar-refractivity contribution in [1.29, 1.82) is 0 Å². The molecule has 2 aromatic carbocycles. The van der Waals surface area contributed by atoms with Gasteiger partial charge in [0.05, 0.1) is 5.69 Å². The molecule has 2 aromatic rings. The number of anilines is 2. The fourth-order valence-corrected chi connectivity index (χ4v) is 3.64. The second-order valence-electron chi connectivity index (χ2n) is 4.85. The van der Waals surface area contributed by atoms with Gasteiger partial charge in [0.15, 0.2) is 0 Å². The molecule has 0 aliphatic rings. The molecule has 0 aromatic heterocycles. The van der Waals surface area contributed by atoms with E-state index < -0.39 is 0 Å². The van der Waals surface area contributed by atoms with Crippen molar-refractivity contribution < 1.29 is 4.79 Å². The predicted octanol–water partition coefficient (Wildman–Crippen LogP) is 4.67. The third kappa shape index (κ3) is 4.32. The minimum atomic E-state index is -0.0384. The highest BCUT2D eigenvalue weighted by Crippen LogP contribution is 2.32. The smallest absolute Gasteiger partial charge is 0.224 e. The van der Waals surface area contributed by atoms with Crippen LogP contribution >= 0.6 is 31.9 Å². The van der Waals surface area contributed by atoms with Crippen molar-refractivity contribution in [3.63, 3.8) is 0 Å². The van der Waals surface area contributed by atoms with Crippen molar-refractivity contribution in [2.45, 2.75) is 19.8 Å². The third-order valence-electron chi connectivity index (χ3n) is 3.13. The summed E-state index contributed by atoms with van der Waals surface area (Å²) < 4.78 is 1.73. The monoisotopic (exact) mass is 410 g/mol. The van der Waals surface area contributed by atoms with Crippen molar-refractivity contribution in [2.75, 3.05) is 11.1 Å². The Morgan fingerprint density at radius 1 is 1.19 bits per heavy atom. The molecular formula is C16H16Br2N2O. The number of benzene rings is 2. The van der Waals surface area contributed by atoms with E-state index >= 15 is 0 Å². The van der Waals surface area contributed by atoms with E-state index in [-0.39, 0.29) is 5.91 Å². The van der Waals surface area contributed by atoms with E-state index in [1.54, 1.807) is 0 Å². The van der Waals surface area contributed by atoms with E-state index in [0.29, 0.717) is 12.8 Å². The van der Waals surface area contributed by atoms with Crippen LogP contribution in [0.4, 0.5) is 11.4 Å². The number of hydrogen-bond acceptors (Lipinski definition) is 2. The Morgan fingerprint density at radius 3 is 2.43 bits per heavy atom. The quantitative estimate of drug-likeness (QED) is 0.718. The molecule has 0 fully saturated rings. The number of nitrogens with one attached hydrogen (secondary N) is 1. The lowest BCUT2D eigenvalue weighted by Crippen LogP contribution is -2.13. The van der Waals surface area contributed by atoms with Crippen LogP contribution in [0.1, 0.15) is 17.5 Å². The molecule has 0 unspecified atom stereocenters. The first-order chi connectivity index (χ1) is 9.97. The number of hydrogen-bond donors (Lipinski definition) is 2. The molecule has 0 aliphatic carbocycles. The SMILES string of the molecule is Cc1cc(Br)c(NC(=O)CCc2ccccc2N)c(Br)c1. The molecule has 0 aliphatic heterocycles. The molecule has 3 N–H and O–H groups in total. The van der Waals surface area contributed by atoms with E-state index in [4.69, 9.17) is 5.73 Å². The maximum Gasteiger partial charge on any atom is 0.224 e. The van der Waals surface area contributed by atoms with Crippen molar-refractivity contribution >= 4 is 49.1 Å². The first kappa shape index (κ1) is 16.0. The maximum absolute atomic E-state index is 12.1. The normalized spacial score (nSPS) is 10.4. The van der Waals surface area contributed by atoms with Gasteiger partial charge >= 0.3 is 0 Å². The Bertz CT molecular complexity index is 648. The van der Waals surface area contributed by atoms with Crippen LogP contribution in [0.5, 0.6) is 0 Å². The predicted molar refractivity (Wildman–Crippen MR) is 94.4 cm³/mol. The summed E-state index contributed by atoms with van der Waals surface area (Å²) >= 11 is 6.94. The summed E-state index contributed by atoms with van der Waals surface area (Å²) in [7, 11) is 0. The van der Waals surface area contributed by atoms with Crippen LogP contribution in [0.2, 0.25) is 0 Å². The van der Waals surface area contributed by atoms with Crippen LogP contribution in [0, 0.1) is 6.92 Å². The summed E-state index contributed by atoms with van der Waals surface area (Å²) in [6.45, 7) is 2.00. The van der Waals surface area contributed by atoms with E-state index in [0.717, 1.165) is 31.4 Å². The molecule has 110 valence electrons. The molecule has 0 radical (unpaired) electrons. The molecule has 21 heavy (non-hydrogen) atoms. The van der Waals surface area contributed by atoms with E-state index in [1.807, 2.05) is 43.3 Å². The standard InChI is InChI=1S/C16H16Br2N2O/c1-10-8-12(17)16(13(18)9-10)20-15(21)7-6-11-4-2-3-5-14(11)19/h2-5,8-9H,6-7,19H2,1H3,(H,20,21). The van der Waals surface area contributed by atoms with Crippen molar-refractivity contribution in [3.05, 3.63) is 56.5 Å². The van der Waals surface area contributed by atoms with Crippen LogP contribution in [0.3, 0.4) is 0 Å². The zero-order valence-corrected chi connectivity index (χ0v) is 14.8. The van der Waals surface area contributed by atoms with Crippen molar-refractivity contribution in [1.82, 2.24) is 0 Å². The van der Waals surface area contributed by atoms with Gasteiger partial charge in [-0.1, -0.05) is 18.2 Å². The van der Waals surface area contributed by atoms with E-state index in [2.05, 4.69) is 37.2 Å². The molecule has 0 atom stereocenters. The average molecular weight is 412 g/mol. The number of nitrogen functional groups attached to an aromatic ring is 1. The fourth-order valence-electron chi connectivity index (χ4n) is 2.03. The van der Waals surface area contributed by atoms with Gasteiger partial charge in [-0.25, -0.2) is 0 Å². The Labute approximate surface area is 141 Å². The van der Waals surface area contributed by atoms with Crippen LogP contribution in [0.15, 0.2) is 45.3 Å². The molecule has 0 saturated heterocycles. The van der Waals surface area contributed by atoms with Gasteiger partial charge in [-0.15, -0.1) is 0 Å². The number of halogens is 2. The molecule has 1 amide bonds. The fraction of sp³-hybridized carbons (Fsp3) is 0.188. The lowest BCUT2D eigenvalue weighted by molar-refractivity contribution is -0.116. The maximum atomic E-state index is 12.1. The molecule has 2 rings (SSSR count). The number of carbonyl (C=O) groups is 1. The summed E-state index contributed by atoms with van der Waals surface area (Å²) in [5.41, 5.74) is 9.47. The third-order valence-corrected chi connectivity index (χ3v) is 4.38. The Balaban J connectivity index is 2.01. The van der Waals surface area contributed by atoms with Crippen molar-refractivity contribution in [2.24, 2.45) is 0 Å². The molecule has 0 spiro atoms. The molecule has 0 heterocycles. The lowest BCUT2D eigenvalue weighted by atomic mass is 10.1. The van der Waals surface area contributed by atoms with Crippen LogP contribution in [0.25, 0.3) is 0 Å². The topological polar surface area (TPSA) is 55.1 Å². The Morgan fingerprint density at radius 2 is 1.81 bits per heavy atom. The number of nitrogens with two attached hydrogens (primary N) is 1. The van der Waals surface area contributed by atoms with Crippen LogP contribution in [-0.2, 0) is 11.2 Å². The summed E-state index contributed by atoms with van der Waals surface area (Å²) in [6.07, 6.45) is 1.01. The minimum absolute atomic E-state index is 0.0384. The highest BCUT2D eigenvalue weighted by Gasteiger charge is 2.10. The minimum Gasteiger partial charge on any atom is -0.399 e. The van der Waals surface area contributed by atoms with Gasteiger partial charge in [0, 0.05) is 21.1 Å². The highest BCUT2D eigenvalue weighted by molar-refractivity contribution is 9.11. The van der Waals surface area contributed by atoms with Crippen LogP contribution < -0.4 is 11.1 Å². The summed E-state index contributed by atoms with van der Waals surface area (Å²) in [5, 5.41) is 2.92. The van der Waals surface area contributed by atoms with Crippen LogP contribution in [-0.4, -0.2) is 5.91 Å². The lowest BCUT2D eigenvalue weighted by Gasteiger charge is -2.11. The summed E-state index contributed by atoms with van der Waals surface area (Å²) in [5.74, 6) is -0.0384. The second kappa shape index (κ2) is 7.09. The molecular weight excluding hydrogens is 396 g/mol. The Kier molecular flexibility index (Phi) is 5.42. The van der Waals surface area contributed by atoms with Gasteiger partial charge in [-0.2, -0.15) is 0 Å². The number of amides is 1. The molecule has 3 nitrogen and oxygen atoms in total. The van der Waals surface area contributed by atoms with E-state index in [9.17, 15) is 4.79 Å². The van der Waals surface area contributed by atoms with Gasteiger partial charge in [0.1, 0.15) is 0 Å². The number of carbonyl (C=O) groups excluding carboxylic acids is 1. The second-order valence-corrected chi connectivity index (χ2v) is 6.56. The largest absolute Gasteiger partial charge is 0.399 e. The molecule has 0 bridgehead atoms. The van der Waals surface area contributed by atoms with Gasteiger partial charge in [0.25, 0.3) is 0 Å². The molecule has 0 saturated carbocycles. The number of para-hydroxylation sites is 1. The zero-order valence-electron chi connectivity index (χ0n) is 11.6. The average Bonchev–Trinajstić information content (AvgIpc) is 2.42. The summed E-state index contributed by atoms with van der Waals surface area (Å²) in [6, 6.07) is 11.5. The van der Waals surface area contributed by atoms with Crippen molar-refractivity contribution in [3.8, 4) is 0 Å². The summed E-state index contributed by atoms with van der Waals surface area (Å²) in [4.78, 5) is 12.1. The number of rotatable bonds is 4. The van der Waals surface area contributed by atoms with Gasteiger partial charge in [-0.3, -0.25) is 4.79 Å². The molecule has 5 heteroatoms. The van der Waals surface area contributed by atoms with Gasteiger partial charge in [-0.05, 0) is 74.5 Å². The van der Waals surface area contributed by atoms with E-state index in [1.165, 1.54) is 0 Å².